The number of carboxylic acid groups (broad SMARTS) is 1. The van der Waals surface area contributed by atoms with E-state index in [4.69, 9.17) is 10.2 Å². The maximum atomic E-state index is 11.6. The fourth-order valence-corrected chi connectivity index (χ4v) is 1.60. The summed E-state index contributed by atoms with van der Waals surface area (Å²) in [5, 5.41) is 22.7. The molecule has 0 spiro atoms. The topological polar surface area (TPSA) is 98.7 Å². The minimum Gasteiger partial charge on any atom is -0.479 e. The van der Waals surface area contributed by atoms with Gasteiger partial charge in [-0.25, -0.2) is 9.59 Å². The van der Waals surface area contributed by atoms with Gasteiger partial charge in [0.1, 0.15) is 0 Å². The molecule has 20 heavy (non-hydrogen) atoms. The van der Waals surface area contributed by atoms with E-state index in [0.29, 0.717) is 11.6 Å². The van der Waals surface area contributed by atoms with Crippen LogP contribution >= 0.6 is 0 Å². The van der Waals surface area contributed by atoms with E-state index in [2.05, 4.69) is 24.5 Å². The summed E-state index contributed by atoms with van der Waals surface area (Å²) in [6.45, 7) is 4.21. The van der Waals surface area contributed by atoms with Gasteiger partial charge in [0.25, 0.3) is 0 Å². The number of aliphatic hydroxyl groups is 1. The van der Waals surface area contributed by atoms with E-state index >= 15 is 0 Å². The van der Waals surface area contributed by atoms with E-state index < -0.39 is 18.1 Å². The van der Waals surface area contributed by atoms with Crippen LogP contribution in [-0.4, -0.2) is 34.9 Å². The lowest BCUT2D eigenvalue weighted by atomic mass is 10.0. The molecule has 0 aromatic heterocycles. The molecule has 1 aromatic rings. The molecule has 1 rings (SSSR count). The zero-order valence-electron chi connectivity index (χ0n) is 11.6. The minimum absolute atomic E-state index is 0.0329. The van der Waals surface area contributed by atoms with Gasteiger partial charge in [-0.05, 0) is 23.6 Å². The number of urea groups is 1. The van der Waals surface area contributed by atoms with Gasteiger partial charge in [0.15, 0.2) is 6.10 Å². The van der Waals surface area contributed by atoms with Crippen molar-refractivity contribution in [3.63, 3.8) is 0 Å². The number of hydrogen-bond donors (Lipinski definition) is 4. The third kappa shape index (κ3) is 5.27. The van der Waals surface area contributed by atoms with E-state index in [1.165, 1.54) is 0 Å². The van der Waals surface area contributed by atoms with Gasteiger partial charge < -0.3 is 20.8 Å². The molecule has 6 nitrogen and oxygen atoms in total. The summed E-state index contributed by atoms with van der Waals surface area (Å²) in [6.07, 6.45) is -1.49. The third-order valence-electron chi connectivity index (χ3n) is 2.80. The first-order chi connectivity index (χ1) is 9.40. The van der Waals surface area contributed by atoms with Crippen LogP contribution in [-0.2, 0) is 4.79 Å². The first-order valence-electron chi connectivity index (χ1n) is 6.46. The Morgan fingerprint density at radius 1 is 1.30 bits per heavy atom. The molecule has 6 heteroatoms. The van der Waals surface area contributed by atoms with Crippen molar-refractivity contribution in [2.45, 2.75) is 32.3 Å². The third-order valence-corrected chi connectivity index (χ3v) is 2.80. The maximum Gasteiger partial charge on any atom is 0.332 e. The van der Waals surface area contributed by atoms with Crippen LogP contribution in [0.15, 0.2) is 24.3 Å². The van der Waals surface area contributed by atoms with Gasteiger partial charge in [-0.2, -0.15) is 0 Å². The monoisotopic (exact) mass is 280 g/mol. The Labute approximate surface area is 117 Å². The summed E-state index contributed by atoms with van der Waals surface area (Å²) in [5.74, 6) is -0.928. The van der Waals surface area contributed by atoms with Crippen LogP contribution in [0, 0.1) is 0 Å². The zero-order valence-corrected chi connectivity index (χ0v) is 11.6. The van der Waals surface area contributed by atoms with Crippen molar-refractivity contribution < 1.29 is 19.8 Å². The van der Waals surface area contributed by atoms with E-state index in [0.717, 1.165) is 5.56 Å². The number of benzene rings is 1. The molecule has 1 aromatic carbocycles. The highest BCUT2D eigenvalue weighted by Crippen LogP contribution is 2.18. The quantitative estimate of drug-likeness (QED) is 0.638. The minimum atomic E-state index is -1.46. The molecule has 0 aliphatic carbocycles. The Hall–Kier alpha value is -2.08. The fraction of sp³-hybridized carbons (Fsp3) is 0.429. The number of amides is 2. The number of carbonyl (C=O) groups excluding carboxylic acids is 1. The average Bonchev–Trinajstić information content (AvgIpc) is 2.38. The lowest BCUT2D eigenvalue weighted by Crippen LogP contribution is -2.33. The highest BCUT2D eigenvalue weighted by atomic mass is 16.4. The molecule has 2 amide bonds. The molecule has 0 bridgehead atoms. The first kappa shape index (κ1) is 16.0. The summed E-state index contributed by atoms with van der Waals surface area (Å²) in [6, 6.07) is 7.08. The molecule has 0 saturated heterocycles. The van der Waals surface area contributed by atoms with Gasteiger partial charge in [0.05, 0.1) is 0 Å². The molecule has 0 heterocycles. The lowest BCUT2D eigenvalue weighted by molar-refractivity contribution is -0.146. The Morgan fingerprint density at radius 2 is 2.00 bits per heavy atom. The average molecular weight is 280 g/mol. The molecule has 4 N–H and O–H groups in total. The molecule has 0 aliphatic heterocycles. The molecule has 0 radical (unpaired) electrons. The van der Waals surface area contributed by atoms with Gasteiger partial charge in [-0.15, -0.1) is 0 Å². The summed E-state index contributed by atoms with van der Waals surface area (Å²) >= 11 is 0. The normalized spacial score (nSPS) is 12.0. The van der Waals surface area contributed by atoms with Crippen molar-refractivity contribution in [2.75, 3.05) is 11.9 Å². The van der Waals surface area contributed by atoms with Crippen LogP contribution in [0.25, 0.3) is 0 Å². The number of carboxylic acids is 1. The van der Waals surface area contributed by atoms with Gasteiger partial charge in [0.2, 0.25) is 0 Å². The molecule has 0 saturated carbocycles. The Kier molecular flexibility index (Phi) is 5.99. The largest absolute Gasteiger partial charge is 0.479 e. The van der Waals surface area contributed by atoms with Crippen LogP contribution in [0.5, 0.6) is 0 Å². The van der Waals surface area contributed by atoms with Gasteiger partial charge in [-0.3, -0.25) is 0 Å². The number of anilines is 1. The summed E-state index contributed by atoms with van der Waals surface area (Å²) in [4.78, 5) is 22.0. The summed E-state index contributed by atoms with van der Waals surface area (Å²) in [7, 11) is 0. The smallest absolute Gasteiger partial charge is 0.332 e. The highest BCUT2D eigenvalue weighted by molar-refractivity contribution is 5.89. The molecular weight excluding hydrogens is 260 g/mol. The molecule has 110 valence electrons. The van der Waals surface area contributed by atoms with E-state index in [9.17, 15) is 9.59 Å². The van der Waals surface area contributed by atoms with Gasteiger partial charge in [-0.1, -0.05) is 26.0 Å². The predicted octanol–water partition coefficient (Wildman–Crippen LogP) is 1.77. The second kappa shape index (κ2) is 7.49. The van der Waals surface area contributed by atoms with Crippen LogP contribution in [0.1, 0.15) is 31.7 Å². The number of aliphatic carboxylic acids is 1. The van der Waals surface area contributed by atoms with E-state index in [1.54, 1.807) is 6.07 Å². The number of rotatable bonds is 6. The Bertz CT molecular complexity index is 474. The molecular formula is C14H20N2O4. The SMILES string of the molecule is CC(C)c1cccc(NC(=O)NCC[C@H](O)C(=O)O)c1. The standard InChI is InChI=1S/C14H20N2O4/c1-9(2)10-4-3-5-11(8-10)16-14(20)15-7-6-12(17)13(18)19/h3-5,8-9,12,17H,6-7H2,1-2H3,(H,18,19)(H2,15,16,20)/t12-/m0/s1. The van der Waals surface area contributed by atoms with Crippen LogP contribution < -0.4 is 10.6 Å². The second-order valence-electron chi connectivity index (χ2n) is 4.80. The highest BCUT2D eigenvalue weighted by Gasteiger charge is 2.12. The molecule has 0 unspecified atom stereocenters. The van der Waals surface area contributed by atoms with Crippen LogP contribution in [0.2, 0.25) is 0 Å². The van der Waals surface area contributed by atoms with Crippen LogP contribution in [0.4, 0.5) is 10.5 Å². The van der Waals surface area contributed by atoms with Gasteiger partial charge in [0, 0.05) is 18.7 Å². The van der Waals surface area contributed by atoms with Crippen molar-refractivity contribution in [2.24, 2.45) is 0 Å². The number of hydrogen-bond acceptors (Lipinski definition) is 3. The first-order valence-corrected chi connectivity index (χ1v) is 6.46. The van der Waals surface area contributed by atoms with Crippen molar-refractivity contribution >= 4 is 17.7 Å². The summed E-state index contributed by atoms with van der Waals surface area (Å²) < 4.78 is 0. The summed E-state index contributed by atoms with van der Waals surface area (Å²) in [5.41, 5.74) is 1.79. The number of nitrogens with one attached hydrogen (secondary N) is 2. The fourth-order valence-electron chi connectivity index (χ4n) is 1.60. The van der Waals surface area contributed by atoms with Crippen molar-refractivity contribution in [3.05, 3.63) is 29.8 Å². The molecule has 1 atom stereocenters. The van der Waals surface area contributed by atoms with Crippen molar-refractivity contribution in [1.29, 1.82) is 0 Å². The van der Waals surface area contributed by atoms with Crippen LogP contribution in [0.3, 0.4) is 0 Å². The van der Waals surface area contributed by atoms with Gasteiger partial charge >= 0.3 is 12.0 Å². The number of carbonyl (C=O) groups is 2. The lowest BCUT2D eigenvalue weighted by Gasteiger charge is -2.11. The Morgan fingerprint density at radius 3 is 2.60 bits per heavy atom. The van der Waals surface area contributed by atoms with Crippen molar-refractivity contribution in [3.8, 4) is 0 Å². The Balaban J connectivity index is 2.42. The number of aliphatic hydroxyl groups excluding tert-OH is 1. The predicted molar refractivity (Wildman–Crippen MR) is 75.8 cm³/mol. The van der Waals surface area contributed by atoms with Crippen molar-refractivity contribution in [1.82, 2.24) is 5.32 Å². The maximum absolute atomic E-state index is 11.6. The molecule has 0 fully saturated rings. The second-order valence-corrected chi connectivity index (χ2v) is 4.80. The van der Waals surface area contributed by atoms with E-state index in [-0.39, 0.29) is 13.0 Å². The molecule has 0 aliphatic rings. The van der Waals surface area contributed by atoms with E-state index in [1.807, 2.05) is 18.2 Å². The zero-order chi connectivity index (χ0) is 15.1.